The lowest BCUT2D eigenvalue weighted by atomic mass is 10.1. The number of carbonyl (C=O) groups is 2. The average molecular weight is 309 g/mol. The van der Waals surface area contributed by atoms with Crippen LogP contribution >= 0.6 is 0 Å². The summed E-state index contributed by atoms with van der Waals surface area (Å²) in [5.74, 6) is 0.200. The Kier molecular flexibility index (Phi) is 4.77. The van der Waals surface area contributed by atoms with Crippen molar-refractivity contribution in [3.8, 4) is 5.75 Å². The minimum absolute atomic E-state index is 0.0891. The molecule has 2 amide bonds. The molecule has 1 heterocycles. The number of nitro groups is 1. The molecule has 22 heavy (non-hydrogen) atoms. The van der Waals surface area contributed by atoms with Gasteiger partial charge in [-0.3, -0.25) is 10.1 Å². The Morgan fingerprint density at radius 3 is 2.36 bits per heavy atom. The first-order valence-corrected chi connectivity index (χ1v) is 6.66. The van der Waals surface area contributed by atoms with Gasteiger partial charge in [0.2, 0.25) is 0 Å². The van der Waals surface area contributed by atoms with Crippen LogP contribution in [0.1, 0.15) is 12.8 Å². The van der Waals surface area contributed by atoms with Gasteiger partial charge in [-0.15, -0.1) is 0 Å². The number of hydrogen-bond acceptors (Lipinski definition) is 5. The normalized spacial score (nSPS) is 15.2. The summed E-state index contributed by atoms with van der Waals surface area (Å²) in [5.41, 5.74) is -0.0891. The SMILES string of the molecule is O=C(NC1CCN(C(=O)O)CC1)Oc1ccc([N+](=O)[O-])cc1. The van der Waals surface area contributed by atoms with Gasteiger partial charge in [0, 0.05) is 31.3 Å². The third kappa shape index (κ3) is 4.08. The monoisotopic (exact) mass is 309 g/mol. The second kappa shape index (κ2) is 6.74. The highest BCUT2D eigenvalue weighted by Gasteiger charge is 2.23. The van der Waals surface area contributed by atoms with E-state index < -0.39 is 17.1 Å². The quantitative estimate of drug-likeness (QED) is 0.648. The van der Waals surface area contributed by atoms with Gasteiger partial charge in [-0.25, -0.2) is 9.59 Å². The molecule has 0 bridgehead atoms. The number of nitro benzene ring substituents is 1. The van der Waals surface area contributed by atoms with Gasteiger partial charge in [0.25, 0.3) is 5.69 Å². The van der Waals surface area contributed by atoms with E-state index in [9.17, 15) is 19.7 Å². The molecule has 2 rings (SSSR count). The van der Waals surface area contributed by atoms with Gasteiger partial charge in [0.1, 0.15) is 5.75 Å². The number of ether oxygens (including phenoxy) is 1. The van der Waals surface area contributed by atoms with Crippen molar-refractivity contribution < 1.29 is 24.4 Å². The van der Waals surface area contributed by atoms with Crippen LogP contribution in [0, 0.1) is 10.1 Å². The lowest BCUT2D eigenvalue weighted by Gasteiger charge is -2.30. The second-order valence-corrected chi connectivity index (χ2v) is 4.83. The number of carbonyl (C=O) groups excluding carboxylic acids is 1. The molecule has 118 valence electrons. The minimum Gasteiger partial charge on any atom is -0.465 e. The van der Waals surface area contributed by atoms with Gasteiger partial charge < -0.3 is 20.1 Å². The lowest BCUT2D eigenvalue weighted by Crippen LogP contribution is -2.46. The van der Waals surface area contributed by atoms with E-state index in [0.717, 1.165) is 0 Å². The van der Waals surface area contributed by atoms with E-state index in [0.29, 0.717) is 25.9 Å². The summed E-state index contributed by atoms with van der Waals surface area (Å²) in [5, 5.41) is 22.0. The maximum absolute atomic E-state index is 11.7. The number of benzene rings is 1. The number of likely N-dealkylation sites (tertiary alicyclic amines) is 1. The van der Waals surface area contributed by atoms with E-state index in [-0.39, 0.29) is 17.5 Å². The Hall–Kier alpha value is -2.84. The molecule has 0 saturated carbocycles. The molecule has 1 aromatic rings. The van der Waals surface area contributed by atoms with Crippen molar-refractivity contribution in [1.82, 2.24) is 10.2 Å². The van der Waals surface area contributed by atoms with Crippen molar-refractivity contribution in [3.05, 3.63) is 34.4 Å². The molecule has 0 atom stereocenters. The van der Waals surface area contributed by atoms with Crippen LogP contribution in [0.15, 0.2) is 24.3 Å². The van der Waals surface area contributed by atoms with Gasteiger partial charge in [-0.1, -0.05) is 0 Å². The number of carboxylic acid groups (broad SMARTS) is 1. The summed E-state index contributed by atoms with van der Waals surface area (Å²) in [4.78, 5) is 33.7. The molecular weight excluding hydrogens is 294 g/mol. The Bertz CT molecular complexity index is 566. The van der Waals surface area contributed by atoms with Gasteiger partial charge in [-0.05, 0) is 25.0 Å². The fourth-order valence-corrected chi connectivity index (χ4v) is 2.15. The Labute approximate surface area is 125 Å². The molecule has 1 saturated heterocycles. The Morgan fingerprint density at radius 2 is 1.86 bits per heavy atom. The number of nitrogens with one attached hydrogen (secondary N) is 1. The average Bonchev–Trinajstić information content (AvgIpc) is 2.48. The predicted molar refractivity (Wildman–Crippen MR) is 74.9 cm³/mol. The largest absolute Gasteiger partial charge is 0.465 e. The highest BCUT2D eigenvalue weighted by atomic mass is 16.6. The topological polar surface area (TPSA) is 122 Å². The van der Waals surface area contributed by atoms with Gasteiger partial charge in [-0.2, -0.15) is 0 Å². The van der Waals surface area contributed by atoms with Crippen molar-refractivity contribution in [2.45, 2.75) is 18.9 Å². The van der Waals surface area contributed by atoms with Crippen molar-refractivity contribution in [2.75, 3.05) is 13.1 Å². The first kappa shape index (κ1) is 15.5. The zero-order valence-electron chi connectivity index (χ0n) is 11.6. The van der Waals surface area contributed by atoms with Crippen molar-refractivity contribution in [2.24, 2.45) is 0 Å². The summed E-state index contributed by atoms with van der Waals surface area (Å²) in [6.45, 7) is 0.718. The maximum Gasteiger partial charge on any atom is 0.412 e. The molecule has 0 aromatic heterocycles. The molecule has 0 radical (unpaired) electrons. The number of nitrogens with zero attached hydrogens (tertiary/aromatic N) is 2. The van der Waals surface area contributed by atoms with E-state index >= 15 is 0 Å². The van der Waals surface area contributed by atoms with Crippen LogP contribution in [-0.2, 0) is 0 Å². The van der Waals surface area contributed by atoms with Crippen LogP contribution in [0.2, 0.25) is 0 Å². The first-order valence-electron chi connectivity index (χ1n) is 6.66. The summed E-state index contributed by atoms with van der Waals surface area (Å²) in [6, 6.07) is 5.01. The van der Waals surface area contributed by atoms with E-state index in [4.69, 9.17) is 9.84 Å². The fraction of sp³-hybridized carbons (Fsp3) is 0.385. The van der Waals surface area contributed by atoms with Crippen molar-refractivity contribution in [1.29, 1.82) is 0 Å². The Morgan fingerprint density at radius 1 is 1.27 bits per heavy atom. The van der Waals surface area contributed by atoms with E-state index in [1.165, 1.54) is 29.2 Å². The number of amides is 2. The molecule has 1 aliphatic heterocycles. The third-order valence-corrected chi connectivity index (χ3v) is 3.35. The number of non-ortho nitro benzene ring substituents is 1. The number of rotatable bonds is 3. The highest BCUT2D eigenvalue weighted by Crippen LogP contribution is 2.17. The molecule has 1 aromatic carbocycles. The van der Waals surface area contributed by atoms with Crippen LogP contribution in [0.5, 0.6) is 5.75 Å². The number of hydrogen-bond donors (Lipinski definition) is 2. The van der Waals surface area contributed by atoms with Crippen LogP contribution < -0.4 is 10.1 Å². The van der Waals surface area contributed by atoms with E-state index in [1.54, 1.807) is 0 Å². The maximum atomic E-state index is 11.7. The molecule has 0 unspecified atom stereocenters. The molecule has 2 N–H and O–H groups in total. The van der Waals surface area contributed by atoms with Crippen LogP contribution in [0.3, 0.4) is 0 Å². The third-order valence-electron chi connectivity index (χ3n) is 3.35. The standard InChI is InChI=1S/C13H15N3O6/c17-12(14-9-5-7-15(8-6-9)13(18)19)22-11-3-1-10(2-4-11)16(20)21/h1-4,9H,5-8H2,(H,14,17)(H,18,19). The smallest absolute Gasteiger partial charge is 0.412 e. The number of piperidine rings is 1. The zero-order valence-corrected chi connectivity index (χ0v) is 11.6. The van der Waals surface area contributed by atoms with E-state index in [1.807, 2.05) is 0 Å². The van der Waals surface area contributed by atoms with Crippen molar-refractivity contribution >= 4 is 17.9 Å². The lowest BCUT2D eigenvalue weighted by molar-refractivity contribution is -0.384. The summed E-state index contributed by atoms with van der Waals surface area (Å²) in [7, 11) is 0. The van der Waals surface area contributed by atoms with Gasteiger partial charge >= 0.3 is 12.2 Å². The molecule has 0 aliphatic carbocycles. The minimum atomic E-state index is -0.966. The van der Waals surface area contributed by atoms with Crippen LogP contribution in [0.4, 0.5) is 15.3 Å². The molecule has 9 nitrogen and oxygen atoms in total. The van der Waals surface area contributed by atoms with Crippen LogP contribution in [-0.4, -0.2) is 46.2 Å². The van der Waals surface area contributed by atoms with Gasteiger partial charge in [0.15, 0.2) is 0 Å². The van der Waals surface area contributed by atoms with Crippen LogP contribution in [0.25, 0.3) is 0 Å². The summed E-state index contributed by atoms with van der Waals surface area (Å²) in [6.07, 6.45) is -0.599. The summed E-state index contributed by atoms with van der Waals surface area (Å²) < 4.78 is 5.02. The molecular formula is C13H15N3O6. The van der Waals surface area contributed by atoms with E-state index in [2.05, 4.69) is 5.32 Å². The molecule has 1 fully saturated rings. The predicted octanol–water partition coefficient (Wildman–Crippen LogP) is 1.83. The molecule has 9 heteroatoms. The second-order valence-electron chi connectivity index (χ2n) is 4.83. The highest BCUT2D eigenvalue weighted by molar-refractivity contribution is 5.71. The molecule has 0 spiro atoms. The zero-order chi connectivity index (χ0) is 16.1. The summed E-state index contributed by atoms with van der Waals surface area (Å²) >= 11 is 0. The molecule has 1 aliphatic rings. The Balaban J connectivity index is 1.81. The first-order chi connectivity index (χ1) is 10.5. The van der Waals surface area contributed by atoms with Gasteiger partial charge in [0.05, 0.1) is 4.92 Å². The van der Waals surface area contributed by atoms with Crippen molar-refractivity contribution in [3.63, 3.8) is 0 Å². The fourth-order valence-electron chi connectivity index (χ4n) is 2.15.